The van der Waals surface area contributed by atoms with Crippen LogP contribution in [0, 0.1) is 0 Å². The van der Waals surface area contributed by atoms with Crippen molar-refractivity contribution >= 4 is 43.6 Å². The summed E-state index contributed by atoms with van der Waals surface area (Å²) in [6.45, 7) is 2.37. The number of amides is 1. The van der Waals surface area contributed by atoms with E-state index in [1.165, 1.54) is 11.3 Å². The number of aromatic nitrogens is 1. The lowest BCUT2D eigenvalue weighted by Crippen LogP contribution is -2.29. The van der Waals surface area contributed by atoms with Gasteiger partial charge in [0.1, 0.15) is 5.58 Å². The fraction of sp³-hybridized carbons (Fsp3) is 0.148. The molecule has 0 spiro atoms. The van der Waals surface area contributed by atoms with E-state index in [1.54, 1.807) is 48.4 Å². The summed E-state index contributed by atoms with van der Waals surface area (Å²) in [6.07, 6.45) is 0. The molecule has 35 heavy (non-hydrogen) atoms. The molecule has 5 aromatic rings. The van der Waals surface area contributed by atoms with E-state index in [1.807, 2.05) is 37.3 Å². The lowest BCUT2D eigenvalue weighted by molar-refractivity contribution is 0.0971. The van der Waals surface area contributed by atoms with Crippen LogP contribution in [-0.4, -0.2) is 24.6 Å². The SMILES string of the molecule is CCOc1ccc(C2c3c(oc4ccccc4c3=O)C(=O)N2c2nc3ccccc3s2)cc1OC. The second kappa shape index (κ2) is 8.25. The van der Waals surface area contributed by atoms with Crippen molar-refractivity contribution in [1.82, 2.24) is 4.98 Å². The van der Waals surface area contributed by atoms with E-state index in [-0.39, 0.29) is 11.2 Å². The molecule has 0 saturated carbocycles. The second-order valence-corrected chi connectivity index (χ2v) is 9.06. The summed E-state index contributed by atoms with van der Waals surface area (Å²) in [6, 6.07) is 19.3. The van der Waals surface area contributed by atoms with Crippen molar-refractivity contribution in [3.63, 3.8) is 0 Å². The van der Waals surface area contributed by atoms with Crippen LogP contribution in [0.15, 0.2) is 75.9 Å². The van der Waals surface area contributed by atoms with E-state index >= 15 is 0 Å². The van der Waals surface area contributed by atoms with Gasteiger partial charge in [0.2, 0.25) is 5.76 Å². The van der Waals surface area contributed by atoms with Crippen molar-refractivity contribution in [1.29, 1.82) is 0 Å². The first-order valence-electron chi connectivity index (χ1n) is 11.2. The largest absolute Gasteiger partial charge is 0.493 e. The summed E-state index contributed by atoms with van der Waals surface area (Å²) >= 11 is 1.39. The van der Waals surface area contributed by atoms with Crippen LogP contribution in [-0.2, 0) is 0 Å². The summed E-state index contributed by atoms with van der Waals surface area (Å²) in [7, 11) is 1.56. The molecule has 1 amide bonds. The standard InChI is InChI=1S/C27H20N2O5S/c1-3-33-19-13-12-15(14-20(19)32-2)23-22-24(30)16-8-4-6-10-18(16)34-25(22)26(31)29(23)27-28-17-9-5-7-11-21(17)35-27/h4-14,23H,3H2,1-2H3. The highest BCUT2D eigenvalue weighted by Crippen LogP contribution is 2.45. The third-order valence-electron chi connectivity index (χ3n) is 6.07. The van der Waals surface area contributed by atoms with E-state index in [2.05, 4.69) is 0 Å². The van der Waals surface area contributed by atoms with Crippen molar-refractivity contribution in [2.75, 3.05) is 18.6 Å². The van der Waals surface area contributed by atoms with Crippen molar-refractivity contribution in [3.05, 3.63) is 93.8 Å². The van der Waals surface area contributed by atoms with Gasteiger partial charge in [-0.1, -0.05) is 41.7 Å². The molecule has 1 aliphatic heterocycles. The van der Waals surface area contributed by atoms with Gasteiger partial charge in [-0.25, -0.2) is 4.98 Å². The Kier molecular flexibility index (Phi) is 5.04. The number of methoxy groups -OCH3 is 1. The molecule has 0 N–H and O–H groups in total. The Bertz CT molecular complexity index is 1640. The smallest absolute Gasteiger partial charge is 0.297 e. The van der Waals surface area contributed by atoms with E-state index in [9.17, 15) is 9.59 Å². The number of thiazole rings is 1. The van der Waals surface area contributed by atoms with Gasteiger partial charge in [0.05, 0.1) is 40.9 Å². The minimum atomic E-state index is -0.733. The zero-order valence-electron chi connectivity index (χ0n) is 19.0. The first-order chi connectivity index (χ1) is 17.1. The summed E-state index contributed by atoms with van der Waals surface area (Å²) in [4.78, 5) is 33.8. The molecule has 0 fully saturated rings. The van der Waals surface area contributed by atoms with Crippen LogP contribution in [0.5, 0.6) is 11.5 Å². The Morgan fingerprint density at radius 1 is 1.03 bits per heavy atom. The molecule has 1 aliphatic rings. The van der Waals surface area contributed by atoms with Gasteiger partial charge in [-0.05, 0) is 48.9 Å². The molecule has 3 heterocycles. The number of para-hydroxylation sites is 2. The van der Waals surface area contributed by atoms with Gasteiger partial charge in [0.15, 0.2) is 22.1 Å². The lowest BCUT2D eigenvalue weighted by atomic mass is 9.98. The molecule has 0 radical (unpaired) electrons. The number of benzene rings is 3. The van der Waals surface area contributed by atoms with E-state index in [0.717, 1.165) is 10.2 Å². The average molecular weight is 485 g/mol. The highest BCUT2D eigenvalue weighted by Gasteiger charge is 2.45. The second-order valence-electron chi connectivity index (χ2n) is 8.06. The lowest BCUT2D eigenvalue weighted by Gasteiger charge is -2.23. The highest BCUT2D eigenvalue weighted by atomic mass is 32.1. The Morgan fingerprint density at radius 2 is 1.83 bits per heavy atom. The van der Waals surface area contributed by atoms with Gasteiger partial charge in [0, 0.05) is 0 Å². The number of fused-ring (bicyclic) bond motifs is 3. The number of hydrogen-bond donors (Lipinski definition) is 0. The molecule has 2 aromatic heterocycles. The van der Waals surface area contributed by atoms with E-state index < -0.39 is 11.9 Å². The van der Waals surface area contributed by atoms with Crippen molar-refractivity contribution in [3.8, 4) is 11.5 Å². The Hall–Kier alpha value is -4.17. The molecule has 3 aromatic carbocycles. The van der Waals surface area contributed by atoms with Crippen molar-refractivity contribution < 1.29 is 18.7 Å². The highest BCUT2D eigenvalue weighted by molar-refractivity contribution is 7.22. The molecule has 1 atom stereocenters. The number of anilines is 1. The zero-order chi connectivity index (χ0) is 24.1. The minimum Gasteiger partial charge on any atom is -0.493 e. The molecule has 6 rings (SSSR count). The summed E-state index contributed by atoms with van der Waals surface area (Å²) in [5, 5.41) is 0.914. The van der Waals surface area contributed by atoms with Gasteiger partial charge < -0.3 is 13.9 Å². The maximum atomic E-state index is 13.8. The molecular formula is C27H20N2O5S. The maximum Gasteiger partial charge on any atom is 0.297 e. The van der Waals surface area contributed by atoms with Crippen LogP contribution >= 0.6 is 11.3 Å². The van der Waals surface area contributed by atoms with E-state index in [4.69, 9.17) is 18.9 Å². The predicted molar refractivity (Wildman–Crippen MR) is 135 cm³/mol. The fourth-order valence-corrected chi connectivity index (χ4v) is 5.52. The first-order valence-corrected chi connectivity index (χ1v) is 12.0. The first kappa shape index (κ1) is 21.4. The number of ether oxygens (including phenoxy) is 2. The van der Waals surface area contributed by atoms with Crippen molar-refractivity contribution in [2.45, 2.75) is 13.0 Å². The molecule has 0 bridgehead atoms. The maximum absolute atomic E-state index is 13.8. The predicted octanol–water partition coefficient (Wildman–Crippen LogP) is 5.56. The molecule has 174 valence electrons. The van der Waals surface area contributed by atoms with Crippen LogP contribution < -0.4 is 19.8 Å². The third kappa shape index (κ3) is 3.29. The molecule has 7 nitrogen and oxygen atoms in total. The third-order valence-corrected chi connectivity index (χ3v) is 7.11. The van der Waals surface area contributed by atoms with Gasteiger partial charge in [-0.3, -0.25) is 14.5 Å². The quantitative estimate of drug-likeness (QED) is 0.325. The zero-order valence-corrected chi connectivity index (χ0v) is 19.8. The topological polar surface area (TPSA) is 81.9 Å². The Balaban J connectivity index is 1.62. The fourth-order valence-electron chi connectivity index (χ4n) is 4.52. The van der Waals surface area contributed by atoms with Crippen LogP contribution in [0.1, 0.15) is 34.6 Å². The Labute approximate surface area is 204 Å². The monoisotopic (exact) mass is 484 g/mol. The summed E-state index contributed by atoms with van der Waals surface area (Å²) < 4.78 is 18.2. The van der Waals surface area contributed by atoms with Gasteiger partial charge in [-0.2, -0.15) is 0 Å². The van der Waals surface area contributed by atoms with Crippen molar-refractivity contribution in [2.24, 2.45) is 0 Å². The number of carbonyl (C=O) groups is 1. The van der Waals surface area contributed by atoms with E-state index in [0.29, 0.717) is 45.3 Å². The number of nitrogens with zero attached hydrogens (tertiary/aromatic N) is 2. The van der Waals surface area contributed by atoms with Crippen LogP contribution in [0.4, 0.5) is 5.13 Å². The summed E-state index contributed by atoms with van der Waals surface area (Å²) in [5.41, 5.74) is 1.90. The van der Waals surface area contributed by atoms with Gasteiger partial charge in [0.25, 0.3) is 5.91 Å². The molecule has 0 aliphatic carbocycles. The summed E-state index contributed by atoms with van der Waals surface area (Å²) in [5.74, 6) is 0.727. The molecular weight excluding hydrogens is 464 g/mol. The van der Waals surface area contributed by atoms with Crippen LogP contribution in [0.2, 0.25) is 0 Å². The van der Waals surface area contributed by atoms with Crippen LogP contribution in [0.3, 0.4) is 0 Å². The number of hydrogen-bond acceptors (Lipinski definition) is 7. The Morgan fingerprint density at radius 3 is 2.63 bits per heavy atom. The van der Waals surface area contributed by atoms with Gasteiger partial charge in [-0.15, -0.1) is 0 Å². The molecule has 8 heteroatoms. The number of carbonyl (C=O) groups excluding carboxylic acids is 1. The molecule has 1 unspecified atom stereocenters. The van der Waals surface area contributed by atoms with Crippen LogP contribution in [0.25, 0.3) is 21.2 Å². The minimum absolute atomic E-state index is 0.0332. The average Bonchev–Trinajstić information content (AvgIpc) is 3.43. The normalized spacial score (nSPS) is 15.1. The number of rotatable bonds is 5. The van der Waals surface area contributed by atoms with Gasteiger partial charge >= 0.3 is 0 Å². The molecule has 0 saturated heterocycles.